The van der Waals surface area contributed by atoms with Crippen molar-refractivity contribution >= 4 is 12.4 Å². The summed E-state index contributed by atoms with van der Waals surface area (Å²) in [5, 5.41) is 7.32. The number of rotatable bonds is 5. The number of hydrogen-bond acceptors (Lipinski definition) is 2. The molecular weight excluding hydrogens is 358 g/mol. The van der Waals surface area contributed by atoms with Gasteiger partial charge in [0.15, 0.2) is 0 Å². The van der Waals surface area contributed by atoms with Gasteiger partial charge < -0.3 is 0 Å². The van der Waals surface area contributed by atoms with E-state index in [9.17, 15) is 26.3 Å². The molecule has 2 nitrogen and oxygen atoms in total. The molecule has 0 fully saturated rings. The van der Waals surface area contributed by atoms with Crippen LogP contribution in [0.15, 0.2) is 58.7 Å². The minimum atomic E-state index is -4.36. The molecule has 8 heteroatoms. The lowest BCUT2D eigenvalue weighted by molar-refractivity contribution is -0.128. The first-order chi connectivity index (χ1) is 12.1. The van der Waals surface area contributed by atoms with Gasteiger partial charge in [-0.2, -0.15) is 36.5 Å². The van der Waals surface area contributed by atoms with E-state index in [1.807, 2.05) is 0 Å². The van der Waals surface area contributed by atoms with Crippen LogP contribution < -0.4 is 0 Å². The van der Waals surface area contributed by atoms with E-state index in [0.717, 1.165) is 12.4 Å². The standard InChI is InChI=1S/C18H14F6N2/c19-17(20,21)9-13-5-1-3-7-15(13)11-25-26-12-16-8-4-2-6-14(16)10-18(22,23)24/h1-8,11-12H,9-10H2/b25-11+,26-12+. The predicted octanol–water partition coefficient (Wildman–Crippen LogP) is 5.35. The van der Waals surface area contributed by atoms with Crippen LogP contribution in [-0.4, -0.2) is 24.8 Å². The maximum Gasteiger partial charge on any atom is 0.393 e. The van der Waals surface area contributed by atoms with Crippen LogP contribution in [0, 0.1) is 0 Å². The zero-order chi connectivity index (χ0) is 19.2. The molecule has 0 aromatic heterocycles. The van der Waals surface area contributed by atoms with Crippen LogP contribution in [0.5, 0.6) is 0 Å². The highest BCUT2D eigenvalue weighted by Crippen LogP contribution is 2.23. The first kappa shape index (κ1) is 19.7. The van der Waals surface area contributed by atoms with Gasteiger partial charge in [0.2, 0.25) is 0 Å². The van der Waals surface area contributed by atoms with Crippen molar-refractivity contribution in [2.45, 2.75) is 25.2 Å². The molecule has 0 aliphatic carbocycles. The first-order valence-electron chi connectivity index (χ1n) is 7.50. The van der Waals surface area contributed by atoms with E-state index >= 15 is 0 Å². The summed E-state index contributed by atoms with van der Waals surface area (Å²) in [5.41, 5.74) is 0.559. The molecule has 2 aromatic carbocycles. The second-order valence-corrected chi connectivity index (χ2v) is 5.47. The average molecular weight is 372 g/mol. The molecule has 0 saturated heterocycles. The highest BCUT2D eigenvalue weighted by atomic mass is 19.4. The highest BCUT2D eigenvalue weighted by Gasteiger charge is 2.29. The van der Waals surface area contributed by atoms with Crippen LogP contribution in [0.3, 0.4) is 0 Å². The van der Waals surface area contributed by atoms with Crippen LogP contribution >= 0.6 is 0 Å². The molecule has 26 heavy (non-hydrogen) atoms. The minimum Gasteiger partial charge on any atom is -0.171 e. The predicted molar refractivity (Wildman–Crippen MR) is 87.6 cm³/mol. The molecule has 0 heterocycles. The van der Waals surface area contributed by atoms with Gasteiger partial charge in [0, 0.05) is 0 Å². The van der Waals surface area contributed by atoms with Gasteiger partial charge in [0.1, 0.15) is 0 Å². The van der Waals surface area contributed by atoms with Crippen molar-refractivity contribution < 1.29 is 26.3 Å². The number of alkyl halides is 6. The molecule has 0 spiro atoms. The molecule has 138 valence electrons. The molecule has 0 aliphatic rings. The molecule has 0 unspecified atom stereocenters. The SMILES string of the molecule is FC(F)(F)Cc1ccccc1/C=N/N=C/c1ccccc1CC(F)(F)F. The largest absolute Gasteiger partial charge is 0.393 e. The van der Waals surface area contributed by atoms with E-state index in [-0.39, 0.29) is 22.3 Å². The molecule has 2 aromatic rings. The summed E-state index contributed by atoms with van der Waals surface area (Å²) >= 11 is 0. The van der Waals surface area contributed by atoms with Gasteiger partial charge in [-0.15, -0.1) is 0 Å². The molecule has 2 rings (SSSR count). The monoisotopic (exact) mass is 372 g/mol. The third-order valence-corrected chi connectivity index (χ3v) is 3.35. The Morgan fingerprint density at radius 1 is 0.615 bits per heavy atom. The van der Waals surface area contributed by atoms with Crippen molar-refractivity contribution in [1.82, 2.24) is 0 Å². The summed E-state index contributed by atoms with van der Waals surface area (Å²) < 4.78 is 75.3. The summed E-state index contributed by atoms with van der Waals surface area (Å²) in [4.78, 5) is 0. The van der Waals surface area contributed by atoms with E-state index in [2.05, 4.69) is 10.2 Å². The quantitative estimate of drug-likeness (QED) is 0.384. The van der Waals surface area contributed by atoms with E-state index in [1.165, 1.54) is 36.4 Å². The third-order valence-electron chi connectivity index (χ3n) is 3.35. The van der Waals surface area contributed by atoms with E-state index in [0.29, 0.717) is 0 Å². The van der Waals surface area contributed by atoms with Gasteiger partial charge in [-0.3, -0.25) is 0 Å². The highest BCUT2D eigenvalue weighted by molar-refractivity contribution is 5.84. The summed E-state index contributed by atoms with van der Waals surface area (Å²) in [7, 11) is 0. The van der Waals surface area contributed by atoms with Gasteiger partial charge in [-0.1, -0.05) is 48.5 Å². The lowest BCUT2D eigenvalue weighted by Crippen LogP contribution is -2.13. The first-order valence-corrected chi connectivity index (χ1v) is 7.50. The van der Waals surface area contributed by atoms with Crippen molar-refractivity contribution in [1.29, 1.82) is 0 Å². The Kier molecular flexibility index (Phi) is 6.18. The molecule has 0 bridgehead atoms. The van der Waals surface area contributed by atoms with Crippen LogP contribution in [-0.2, 0) is 12.8 Å². The van der Waals surface area contributed by atoms with Gasteiger partial charge in [0.05, 0.1) is 25.3 Å². The lowest BCUT2D eigenvalue weighted by atomic mass is 10.1. The van der Waals surface area contributed by atoms with Crippen molar-refractivity contribution in [2.24, 2.45) is 10.2 Å². The second-order valence-electron chi connectivity index (χ2n) is 5.47. The van der Waals surface area contributed by atoms with Gasteiger partial charge in [0.25, 0.3) is 0 Å². The van der Waals surface area contributed by atoms with Gasteiger partial charge in [-0.25, -0.2) is 0 Å². The number of benzene rings is 2. The Morgan fingerprint density at radius 2 is 0.962 bits per heavy atom. The Bertz CT molecular complexity index is 723. The normalized spacial score (nSPS) is 13.0. The van der Waals surface area contributed by atoms with Crippen LogP contribution in [0.4, 0.5) is 26.3 Å². The fraction of sp³-hybridized carbons (Fsp3) is 0.222. The van der Waals surface area contributed by atoms with E-state index < -0.39 is 25.2 Å². The van der Waals surface area contributed by atoms with Crippen LogP contribution in [0.25, 0.3) is 0 Å². The summed E-state index contributed by atoms with van der Waals surface area (Å²) in [6, 6.07) is 11.7. The lowest BCUT2D eigenvalue weighted by Gasteiger charge is -2.08. The van der Waals surface area contributed by atoms with Gasteiger partial charge >= 0.3 is 12.4 Å². The summed E-state index contributed by atoms with van der Waals surface area (Å²) in [6.07, 6.45) is -8.64. The Labute approximate surface area is 145 Å². The molecule has 0 amide bonds. The zero-order valence-electron chi connectivity index (χ0n) is 13.3. The number of nitrogens with zero attached hydrogens (tertiary/aromatic N) is 2. The topological polar surface area (TPSA) is 24.7 Å². The van der Waals surface area contributed by atoms with Gasteiger partial charge in [-0.05, 0) is 22.3 Å². The van der Waals surface area contributed by atoms with Crippen LogP contribution in [0.2, 0.25) is 0 Å². The Hall–Kier alpha value is -2.64. The minimum absolute atomic E-state index is 0.0384. The summed E-state index contributed by atoms with van der Waals surface area (Å²) in [6.45, 7) is 0. The Balaban J connectivity index is 2.15. The molecule has 0 radical (unpaired) electrons. The van der Waals surface area contributed by atoms with Crippen molar-refractivity contribution in [3.63, 3.8) is 0 Å². The maximum absolute atomic E-state index is 12.5. The zero-order valence-corrected chi connectivity index (χ0v) is 13.3. The van der Waals surface area contributed by atoms with Crippen molar-refractivity contribution in [3.8, 4) is 0 Å². The fourth-order valence-corrected chi connectivity index (χ4v) is 2.27. The van der Waals surface area contributed by atoms with Crippen molar-refractivity contribution in [3.05, 3.63) is 70.8 Å². The van der Waals surface area contributed by atoms with E-state index in [1.54, 1.807) is 12.1 Å². The van der Waals surface area contributed by atoms with Crippen LogP contribution in [0.1, 0.15) is 22.3 Å². The number of hydrogen-bond donors (Lipinski definition) is 0. The smallest absolute Gasteiger partial charge is 0.171 e. The molecule has 0 atom stereocenters. The number of halogens is 6. The average Bonchev–Trinajstić information content (AvgIpc) is 2.51. The van der Waals surface area contributed by atoms with E-state index in [4.69, 9.17) is 0 Å². The maximum atomic E-state index is 12.5. The Morgan fingerprint density at radius 3 is 1.31 bits per heavy atom. The molecule has 0 aliphatic heterocycles. The summed E-state index contributed by atoms with van der Waals surface area (Å²) in [5.74, 6) is 0. The van der Waals surface area contributed by atoms with Crippen molar-refractivity contribution in [2.75, 3.05) is 0 Å². The fourth-order valence-electron chi connectivity index (χ4n) is 2.27. The molecular formula is C18H14F6N2. The molecule has 0 N–H and O–H groups in total. The second kappa shape index (κ2) is 8.16. The molecule has 0 saturated carbocycles. The third kappa shape index (κ3) is 6.70.